The number of carboxylic acids is 1. The molecular weight excluding hydrogens is 268 g/mol. The van der Waals surface area contributed by atoms with Crippen molar-refractivity contribution in [2.75, 3.05) is 6.54 Å². The standard InChI is InChI=1S/C16H22N2O3/c17-13(11-12-7-3-1-4-8-12)15(19)18-10-6-2-5-9-14(18)16(20)21/h1,3-4,7-8,13-14H,2,5-6,9-11,17H2,(H,20,21)/t13-,14?/m0/s1. The molecule has 1 saturated heterocycles. The second-order valence-electron chi connectivity index (χ2n) is 5.53. The molecular formula is C16H22N2O3. The van der Waals surface area contributed by atoms with Crippen molar-refractivity contribution >= 4 is 11.9 Å². The fraction of sp³-hybridized carbons (Fsp3) is 0.500. The van der Waals surface area contributed by atoms with E-state index in [0.29, 0.717) is 19.4 Å². The topological polar surface area (TPSA) is 83.6 Å². The zero-order valence-corrected chi connectivity index (χ0v) is 12.1. The van der Waals surface area contributed by atoms with Gasteiger partial charge in [-0.05, 0) is 24.8 Å². The number of carboxylic acid groups (broad SMARTS) is 1. The number of hydrogen-bond acceptors (Lipinski definition) is 3. The number of likely N-dealkylation sites (tertiary alicyclic amines) is 1. The van der Waals surface area contributed by atoms with Gasteiger partial charge in [0.05, 0.1) is 6.04 Å². The van der Waals surface area contributed by atoms with Crippen molar-refractivity contribution in [2.24, 2.45) is 5.73 Å². The van der Waals surface area contributed by atoms with Gasteiger partial charge in [-0.3, -0.25) is 4.79 Å². The Morgan fingerprint density at radius 1 is 1.24 bits per heavy atom. The minimum Gasteiger partial charge on any atom is -0.480 e. The van der Waals surface area contributed by atoms with Crippen molar-refractivity contribution in [3.05, 3.63) is 35.9 Å². The van der Waals surface area contributed by atoms with Gasteiger partial charge in [-0.2, -0.15) is 0 Å². The van der Waals surface area contributed by atoms with Crippen molar-refractivity contribution in [1.82, 2.24) is 4.90 Å². The number of nitrogens with two attached hydrogens (primary N) is 1. The van der Waals surface area contributed by atoms with Crippen LogP contribution in [0.25, 0.3) is 0 Å². The van der Waals surface area contributed by atoms with E-state index < -0.39 is 18.1 Å². The molecule has 1 unspecified atom stereocenters. The van der Waals surface area contributed by atoms with E-state index >= 15 is 0 Å². The molecule has 5 heteroatoms. The molecule has 1 heterocycles. The first kappa shape index (κ1) is 15.5. The number of rotatable bonds is 4. The van der Waals surface area contributed by atoms with Crippen LogP contribution in [0.3, 0.4) is 0 Å². The molecule has 21 heavy (non-hydrogen) atoms. The van der Waals surface area contributed by atoms with Crippen LogP contribution in [0.1, 0.15) is 31.2 Å². The molecule has 1 aliphatic heterocycles. The van der Waals surface area contributed by atoms with E-state index in [-0.39, 0.29) is 5.91 Å². The van der Waals surface area contributed by atoms with Crippen LogP contribution in [0.15, 0.2) is 30.3 Å². The highest BCUT2D eigenvalue weighted by molar-refractivity contribution is 5.87. The fourth-order valence-corrected chi connectivity index (χ4v) is 2.80. The van der Waals surface area contributed by atoms with Gasteiger partial charge >= 0.3 is 5.97 Å². The van der Waals surface area contributed by atoms with Crippen molar-refractivity contribution in [3.63, 3.8) is 0 Å². The van der Waals surface area contributed by atoms with Gasteiger partial charge in [0, 0.05) is 6.54 Å². The van der Waals surface area contributed by atoms with Gasteiger partial charge in [-0.25, -0.2) is 4.79 Å². The molecule has 3 N–H and O–H groups in total. The van der Waals surface area contributed by atoms with Crippen LogP contribution in [0.2, 0.25) is 0 Å². The highest BCUT2D eigenvalue weighted by Gasteiger charge is 2.33. The lowest BCUT2D eigenvalue weighted by atomic mass is 10.0. The predicted molar refractivity (Wildman–Crippen MR) is 79.7 cm³/mol. The summed E-state index contributed by atoms with van der Waals surface area (Å²) in [5.74, 6) is -1.19. The first-order chi connectivity index (χ1) is 10.1. The number of benzene rings is 1. The summed E-state index contributed by atoms with van der Waals surface area (Å²) in [6.45, 7) is 0.484. The second kappa shape index (κ2) is 7.22. The molecule has 1 amide bonds. The number of carbonyl (C=O) groups is 2. The number of hydrogen-bond donors (Lipinski definition) is 2. The average Bonchev–Trinajstić information content (AvgIpc) is 2.73. The van der Waals surface area contributed by atoms with Crippen LogP contribution >= 0.6 is 0 Å². The van der Waals surface area contributed by atoms with Crippen LogP contribution in [0, 0.1) is 0 Å². The zero-order chi connectivity index (χ0) is 15.2. The van der Waals surface area contributed by atoms with Crippen LogP contribution in [-0.2, 0) is 16.0 Å². The third kappa shape index (κ3) is 4.04. The molecule has 114 valence electrons. The average molecular weight is 290 g/mol. The molecule has 0 aromatic heterocycles. The van der Waals surface area contributed by atoms with Gasteiger partial charge in [0.2, 0.25) is 5.91 Å². The van der Waals surface area contributed by atoms with E-state index in [1.54, 1.807) is 0 Å². The summed E-state index contributed by atoms with van der Waals surface area (Å²) in [7, 11) is 0. The number of nitrogens with zero attached hydrogens (tertiary/aromatic N) is 1. The Morgan fingerprint density at radius 2 is 1.95 bits per heavy atom. The molecule has 1 fully saturated rings. The maximum absolute atomic E-state index is 12.5. The summed E-state index contributed by atoms with van der Waals surface area (Å²) in [5.41, 5.74) is 7.00. The Morgan fingerprint density at radius 3 is 2.62 bits per heavy atom. The summed E-state index contributed by atoms with van der Waals surface area (Å²) in [6.07, 6.45) is 3.59. The lowest BCUT2D eigenvalue weighted by molar-refractivity contribution is -0.150. The first-order valence-corrected chi connectivity index (χ1v) is 7.42. The molecule has 0 spiro atoms. The SMILES string of the molecule is N[C@@H](Cc1ccccc1)C(=O)N1CCCCCC1C(=O)O. The normalized spacial score (nSPS) is 20.6. The van der Waals surface area contributed by atoms with Crippen LogP contribution in [-0.4, -0.2) is 40.5 Å². The van der Waals surface area contributed by atoms with Gasteiger partial charge in [0.15, 0.2) is 0 Å². The van der Waals surface area contributed by atoms with E-state index in [9.17, 15) is 14.7 Å². The monoisotopic (exact) mass is 290 g/mol. The summed E-state index contributed by atoms with van der Waals surface area (Å²) in [6, 6.07) is 8.13. The lowest BCUT2D eigenvalue weighted by Gasteiger charge is -2.29. The Bertz CT molecular complexity index is 490. The van der Waals surface area contributed by atoms with Crippen molar-refractivity contribution in [2.45, 2.75) is 44.2 Å². The molecule has 1 aliphatic rings. The summed E-state index contributed by atoms with van der Waals surface area (Å²) in [5, 5.41) is 9.32. The minimum absolute atomic E-state index is 0.256. The quantitative estimate of drug-likeness (QED) is 0.878. The first-order valence-electron chi connectivity index (χ1n) is 7.42. The van der Waals surface area contributed by atoms with Crippen LogP contribution < -0.4 is 5.73 Å². The molecule has 1 aromatic carbocycles. The Hall–Kier alpha value is -1.88. The Kier molecular flexibility index (Phi) is 5.33. The molecule has 2 atom stereocenters. The molecule has 2 rings (SSSR count). The third-order valence-electron chi connectivity index (χ3n) is 3.94. The summed E-state index contributed by atoms with van der Waals surface area (Å²) in [4.78, 5) is 25.3. The van der Waals surface area contributed by atoms with Gasteiger partial charge in [-0.15, -0.1) is 0 Å². The van der Waals surface area contributed by atoms with E-state index in [1.807, 2.05) is 30.3 Å². The smallest absolute Gasteiger partial charge is 0.326 e. The number of amides is 1. The van der Waals surface area contributed by atoms with Crippen molar-refractivity contribution in [1.29, 1.82) is 0 Å². The molecule has 0 saturated carbocycles. The van der Waals surface area contributed by atoms with Gasteiger partial charge < -0.3 is 15.7 Å². The molecule has 0 radical (unpaired) electrons. The van der Waals surface area contributed by atoms with Gasteiger partial charge in [-0.1, -0.05) is 43.2 Å². The van der Waals surface area contributed by atoms with Gasteiger partial charge in [0.1, 0.15) is 6.04 Å². The summed E-state index contributed by atoms with van der Waals surface area (Å²) < 4.78 is 0. The van der Waals surface area contributed by atoms with E-state index in [4.69, 9.17) is 5.73 Å². The summed E-state index contributed by atoms with van der Waals surface area (Å²) >= 11 is 0. The highest BCUT2D eigenvalue weighted by Crippen LogP contribution is 2.18. The Balaban J connectivity index is 2.06. The zero-order valence-electron chi connectivity index (χ0n) is 12.1. The molecule has 5 nitrogen and oxygen atoms in total. The van der Waals surface area contributed by atoms with Crippen LogP contribution in [0.4, 0.5) is 0 Å². The predicted octanol–water partition coefficient (Wildman–Crippen LogP) is 1.41. The van der Waals surface area contributed by atoms with Crippen LogP contribution in [0.5, 0.6) is 0 Å². The number of aliphatic carboxylic acids is 1. The third-order valence-corrected chi connectivity index (χ3v) is 3.94. The lowest BCUT2D eigenvalue weighted by Crippen LogP contribution is -2.51. The van der Waals surface area contributed by atoms with Crippen molar-refractivity contribution in [3.8, 4) is 0 Å². The number of carbonyl (C=O) groups excluding carboxylic acids is 1. The van der Waals surface area contributed by atoms with Gasteiger partial charge in [0.25, 0.3) is 0 Å². The molecule has 0 aliphatic carbocycles. The molecule has 1 aromatic rings. The second-order valence-corrected chi connectivity index (χ2v) is 5.53. The van der Waals surface area contributed by atoms with Crippen molar-refractivity contribution < 1.29 is 14.7 Å². The van der Waals surface area contributed by atoms with E-state index in [0.717, 1.165) is 24.8 Å². The highest BCUT2D eigenvalue weighted by atomic mass is 16.4. The largest absolute Gasteiger partial charge is 0.480 e. The maximum atomic E-state index is 12.5. The fourth-order valence-electron chi connectivity index (χ4n) is 2.80. The Labute approximate surface area is 124 Å². The van der Waals surface area contributed by atoms with E-state index in [2.05, 4.69) is 0 Å². The molecule has 0 bridgehead atoms. The van der Waals surface area contributed by atoms with E-state index in [1.165, 1.54) is 4.90 Å². The minimum atomic E-state index is -0.933. The maximum Gasteiger partial charge on any atom is 0.326 e.